The van der Waals surface area contributed by atoms with Crippen LogP contribution < -0.4 is 16.1 Å². The third kappa shape index (κ3) is 2.24. The molecule has 22 heavy (non-hydrogen) atoms. The Kier molecular flexibility index (Phi) is 3.58. The van der Waals surface area contributed by atoms with Crippen molar-refractivity contribution < 1.29 is 0 Å². The van der Waals surface area contributed by atoms with Crippen molar-refractivity contribution in [1.29, 1.82) is 0 Å². The van der Waals surface area contributed by atoms with Gasteiger partial charge in [0.25, 0.3) is 5.56 Å². The zero-order valence-electron chi connectivity index (χ0n) is 13.6. The van der Waals surface area contributed by atoms with Gasteiger partial charge in [-0.05, 0) is 32.6 Å². The number of hydrogen-bond acceptors (Lipinski definition) is 4. The molecule has 7 heteroatoms. The molecule has 7 nitrogen and oxygen atoms in total. The lowest BCUT2D eigenvalue weighted by Gasteiger charge is -2.32. The molecule has 0 aromatic carbocycles. The number of aromatic nitrogens is 4. The van der Waals surface area contributed by atoms with Crippen molar-refractivity contribution in [2.75, 3.05) is 18.0 Å². The predicted molar refractivity (Wildman–Crippen MR) is 86.6 cm³/mol. The molecule has 3 rings (SSSR count). The van der Waals surface area contributed by atoms with E-state index in [2.05, 4.69) is 21.8 Å². The molecule has 1 N–H and O–H groups in total. The van der Waals surface area contributed by atoms with Crippen LogP contribution in [0.25, 0.3) is 11.2 Å². The van der Waals surface area contributed by atoms with Gasteiger partial charge in [-0.15, -0.1) is 0 Å². The fraction of sp³-hybridized carbons (Fsp3) is 0.667. The number of rotatable bonds is 2. The molecular weight excluding hydrogens is 282 g/mol. The molecule has 0 spiro atoms. The second-order valence-electron chi connectivity index (χ2n) is 6.56. The number of fused-ring (bicyclic) bond motifs is 1. The molecule has 0 amide bonds. The van der Waals surface area contributed by atoms with Gasteiger partial charge in [-0.1, -0.05) is 6.92 Å². The molecule has 0 bridgehead atoms. The van der Waals surface area contributed by atoms with Gasteiger partial charge in [0.2, 0.25) is 5.95 Å². The van der Waals surface area contributed by atoms with Crippen molar-refractivity contribution in [3.05, 3.63) is 20.8 Å². The third-order valence-corrected chi connectivity index (χ3v) is 4.39. The van der Waals surface area contributed by atoms with Gasteiger partial charge in [0, 0.05) is 26.2 Å². The number of H-pyrrole nitrogens is 1. The second kappa shape index (κ2) is 5.30. The highest BCUT2D eigenvalue weighted by Crippen LogP contribution is 2.27. The summed E-state index contributed by atoms with van der Waals surface area (Å²) in [6.07, 6.45) is 2.34. The Morgan fingerprint density at radius 3 is 2.68 bits per heavy atom. The van der Waals surface area contributed by atoms with E-state index in [1.165, 1.54) is 11.0 Å². The maximum atomic E-state index is 12.3. The second-order valence-corrected chi connectivity index (χ2v) is 6.56. The van der Waals surface area contributed by atoms with E-state index in [9.17, 15) is 9.59 Å². The third-order valence-electron chi connectivity index (χ3n) is 4.39. The topological polar surface area (TPSA) is 75.9 Å². The molecular formula is C15H23N5O2. The SMILES string of the molecule is CC(C)n1c(N2CCC[C@@H](C)C2)nc2c1c(=O)[nH]c(=O)n2C. The minimum absolute atomic E-state index is 0.0934. The quantitative estimate of drug-likeness (QED) is 0.905. The van der Waals surface area contributed by atoms with E-state index in [1.807, 2.05) is 18.4 Å². The van der Waals surface area contributed by atoms with E-state index in [-0.39, 0.29) is 11.6 Å². The Morgan fingerprint density at radius 2 is 2.05 bits per heavy atom. The summed E-state index contributed by atoms with van der Waals surface area (Å²) >= 11 is 0. The van der Waals surface area contributed by atoms with Crippen LogP contribution >= 0.6 is 0 Å². The first-order valence-electron chi connectivity index (χ1n) is 7.86. The van der Waals surface area contributed by atoms with E-state index in [0.717, 1.165) is 25.5 Å². The first kappa shape index (κ1) is 14.9. The van der Waals surface area contributed by atoms with Crippen LogP contribution in [0.2, 0.25) is 0 Å². The summed E-state index contributed by atoms with van der Waals surface area (Å²) in [5.74, 6) is 1.40. The van der Waals surface area contributed by atoms with Gasteiger partial charge >= 0.3 is 5.69 Å². The largest absolute Gasteiger partial charge is 0.342 e. The molecule has 120 valence electrons. The number of nitrogens with zero attached hydrogens (tertiary/aromatic N) is 4. The molecule has 1 saturated heterocycles. The van der Waals surface area contributed by atoms with E-state index >= 15 is 0 Å². The molecule has 0 aliphatic carbocycles. The monoisotopic (exact) mass is 305 g/mol. The first-order valence-corrected chi connectivity index (χ1v) is 7.86. The summed E-state index contributed by atoms with van der Waals surface area (Å²) < 4.78 is 3.36. The van der Waals surface area contributed by atoms with Crippen LogP contribution in [0.5, 0.6) is 0 Å². The van der Waals surface area contributed by atoms with Gasteiger partial charge in [0.05, 0.1) is 0 Å². The summed E-state index contributed by atoms with van der Waals surface area (Å²) in [4.78, 5) is 33.4. The van der Waals surface area contributed by atoms with Crippen LogP contribution in [0.3, 0.4) is 0 Å². The smallest absolute Gasteiger partial charge is 0.329 e. The Balaban J connectivity index is 2.28. The van der Waals surface area contributed by atoms with Crippen LogP contribution in [0, 0.1) is 5.92 Å². The van der Waals surface area contributed by atoms with Crippen molar-refractivity contribution in [2.45, 2.75) is 39.7 Å². The maximum Gasteiger partial charge on any atom is 0.329 e. The van der Waals surface area contributed by atoms with Crippen LogP contribution in [-0.4, -0.2) is 32.2 Å². The van der Waals surface area contributed by atoms with Crippen LogP contribution in [0.1, 0.15) is 39.7 Å². The normalized spacial score (nSPS) is 19.3. The van der Waals surface area contributed by atoms with Crippen molar-refractivity contribution in [1.82, 2.24) is 19.1 Å². The van der Waals surface area contributed by atoms with Crippen molar-refractivity contribution in [3.63, 3.8) is 0 Å². The molecule has 2 aromatic heterocycles. The first-order chi connectivity index (χ1) is 10.4. The van der Waals surface area contributed by atoms with E-state index < -0.39 is 5.69 Å². The zero-order valence-corrected chi connectivity index (χ0v) is 13.6. The number of nitrogens with one attached hydrogen (secondary N) is 1. The number of hydrogen-bond donors (Lipinski definition) is 1. The summed E-state index contributed by atoms with van der Waals surface area (Å²) in [6, 6.07) is 0.0934. The van der Waals surface area contributed by atoms with Crippen LogP contribution in [-0.2, 0) is 7.05 Å². The molecule has 1 aliphatic heterocycles. The Labute approximate surface area is 128 Å². The van der Waals surface area contributed by atoms with Gasteiger partial charge in [0.15, 0.2) is 11.2 Å². The fourth-order valence-electron chi connectivity index (χ4n) is 3.27. The molecule has 0 saturated carbocycles. The van der Waals surface area contributed by atoms with E-state index in [1.54, 1.807) is 7.05 Å². The minimum Gasteiger partial charge on any atom is -0.342 e. The molecule has 1 fully saturated rings. The number of imidazole rings is 1. The van der Waals surface area contributed by atoms with Gasteiger partial charge in [0.1, 0.15) is 0 Å². The van der Waals surface area contributed by atoms with Gasteiger partial charge in [-0.2, -0.15) is 4.98 Å². The zero-order chi connectivity index (χ0) is 16.0. The minimum atomic E-state index is -0.426. The average Bonchev–Trinajstić information content (AvgIpc) is 2.86. The lowest BCUT2D eigenvalue weighted by atomic mass is 10.0. The van der Waals surface area contributed by atoms with E-state index in [0.29, 0.717) is 17.1 Å². The number of piperidine rings is 1. The maximum absolute atomic E-state index is 12.3. The lowest BCUT2D eigenvalue weighted by Crippen LogP contribution is -2.36. The molecule has 1 aliphatic rings. The molecule has 2 aromatic rings. The van der Waals surface area contributed by atoms with E-state index in [4.69, 9.17) is 0 Å². The van der Waals surface area contributed by atoms with Gasteiger partial charge < -0.3 is 9.47 Å². The Hall–Kier alpha value is -2.05. The summed E-state index contributed by atoms with van der Waals surface area (Å²) in [5.41, 5.74) is 0.140. The molecule has 0 unspecified atom stereocenters. The summed E-state index contributed by atoms with van der Waals surface area (Å²) in [5, 5.41) is 0. The lowest BCUT2D eigenvalue weighted by molar-refractivity contribution is 0.435. The Morgan fingerprint density at radius 1 is 1.32 bits per heavy atom. The van der Waals surface area contributed by atoms with Crippen LogP contribution in [0.15, 0.2) is 9.59 Å². The average molecular weight is 305 g/mol. The van der Waals surface area contributed by atoms with Gasteiger partial charge in [-0.3, -0.25) is 14.3 Å². The molecule has 1 atom stereocenters. The number of anilines is 1. The summed E-state index contributed by atoms with van der Waals surface area (Å²) in [7, 11) is 1.64. The number of aryl methyl sites for hydroxylation is 1. The van der Waals surface area contributed by atoms with Crippen molar-refractivity contribution >= 4 is 17.1 Å². The van der Waals surface area contributed by atoms with Crippen LogP contribution in [0.4, 0.5) is 5.95 Å². The summed E-state index contributed by atoms with van der Waals surface area (Å²) in [6.45, 7) is 8.16. The molecule has 0 radical (unpaired) electrons. The Bertz CT molecular complexity index is 814. The standard InChI is InChI=1S/C15H23N5O2/c1-9(2)20-11-12(18(4)15(22)17-13(11)21)16-14(20)19-7-5-6-10(3)8-19/h9-10H,5-8H2,1-4H3,(H,17,21,22)/t10-/m1/s1. The number of aromatic amines is 1. The fourth-order valence-corrected chi connectivity index (χ4v) is 3.27. The highest BCUT2D eigenvalue weighted by atomic mass is 16.2. The predicted octanol–water partition coefficient (Wildman–Crippen LogP) is 1.24. The van der Waals surface area contributed by atoms with Crippen molar-refractivity contribution in [3.8, 4) is 0 Å². The van der Waals surface area contributed by atoms with Crippen molar-refractivity contribution in [2.24, 2.45) is 13.0 Å². The molecule has 3 heterocycles. The highest BCUT2D eigenvalue weighted by Gasteiger charge is 2.25. The van der Waals surface area contributed by atoms with Gasteiger partial charge in [-0.25, -0.2) is 4.79 Å². The highest BCUT2D eigenvalue weighted by molar-refractivity contribution is 5.74.